The summed E-state index contributed by atoms with van der Waals surface area (Å²) in [7, 11) is 0. The molecule has 0 radical (unpaired) electrons. The first-order valence-electron chi connectivity index (χ1n) is 9.53. The molecule has 0 N–H and O–H groups in total. The minimum Gasteiger partial charge on any atom is -0.256 e. The Hall–Kier alpha value is -3.26. The van der Waals surface area contributed by atoms with E-state index in [0.717, 1.165) is 33.2 Å². The number of hydrogen-bond donors (Lipinski definition) is 0. The first-order valence-corrected chi connectivity index (χ1v) is 9.53. The van der Waals surface area contributed by atoms with Crippen molar-refractivity contribution in [2.24, 2.45) is 0 Å². The molecule has 138 valence electrons. The van der Waals surface area contributed by atoms with Crippen LogP contribution in [0.5, 0.6) is 0 Å². The van der Waals surface area contributed by atoms with Crippen molar-refractivity contribution in [3.05, 3.63) is 102 Å². The molecule has 1 nitrogen and oxygen atoms in total. The highest BCUT2D eigenvalue weighted by Gasteiger charge is 2.10. The van der Waals surface area contributed by atoms with E-state index in [4.69, 9.17) is 0 Å². The molecule has 0 aliphatic rings. The molecule has 0 aliphatic carbocycles. The summed E-state index contributed by atoms with van der Waals surface area (Å²) in [6, 6.07) is 23.5. The van der Waals surface area contributed by atoms with Crippen LogP contribution >= 0.6 is 0 Å². The molecule has 4 aromatic rings. The zero-order chi connectivity index (χ0) is 19.5. The van der Waals surface area contributed by atoms with Gasteiger partial charge in [0.1, 0.15) is 5.82 Å². The summed E-state index contributed by atoms with van der Waals surface area (Å²) >= 11 is 0. The average molecular weight is 367 g/mol. The summed E-state index contributed by atoms with van der Waals surface area (Å²) in [5.74, 6) is 0.230. The summed E-state index contributed by atoms with van der Waals surface area (Å²) in [6.45, 7) is 4.42. The van der Waals surface area contributed by atoms with Gasteiger partial charge in [-0.2, -0.15) is 0 Å². The molecule has 28 heavy (non-hydrogen) atoms. The molecule has 0 bridgehead atoms. The molecule has 0 spiro atoms. The fourth-order valence-corrected chi connectivity index (χ4v) is 3.35. The van der Waals surface area contributed by atoms with E-state index in [0.29, 0.717) is 5.92 Å². The van der Waals surface area contributed by atoms with E-state index in [1.807, 2.05) is 18.3 Å². The molecule has 1 heterocycles. The molecule has 0 fully saturated rings. The second-order valence-corrected chi connectivity index (χ2v) is 7.31. The molecule has 2 heteroatoms. The minimum absolute atomic E-state index is 0.219. The van der Waals surface area contributed by atoms with Gasteiger partial charge in [-0.25, -0.2) is 4.39 Å². The SMILES string of the molecule is CC(C)c1cc(-c2cccc(/C=C/c3ccc(F)cc3)c2)c2ncccc2c1. The number of fused-ring (bicyclic) bond motifs is 1. The lowest BCUT2D eigenvalue weighted by atomic mass is 9.93. The van der Waals surface area contributed by atoms with Gasteiger partial charge in [-0.15, -0.1) is 0 Å². The third-order valence-corrected chi connectivity index (χ3v) is 4.93. The highest BCUT2D eigenvalue weighted by atomic mass is 19.1. The van der Waals surface area contributed by atoms with Crippen LogP contribution in [0.3, 0.4) is 0 Å². The quantitative estimate of drug-likeness (QED) is 0.344. The Kier molecular flexibility index (Phi) is 5.03. The Labute approximate surface area is 165 Å². The lowest BCUT2D eigenvalue weighted by molar-refractivity contribution is 0.628. The summed E-state index contributed by atoms with van der Waals surface area (Å²) < 4.78 is 13.1. The van der Waals surface area contributed by atoms with Crippen LogP contribution < -0.4 is 0 Å². The van der Waals surface area contributed by atoms with Crippen LogP contribution in [0.4, 0.5) is 4.39 Å². The summed E-state index contributed by atoms with van der Waals surface area (Å²) in [6.07, 6.45) is 5.90. The standard InChI is InChI=1S/C26H22FN/c1-18(2)23-16-22-7-4-14-28-26(22)25(17-23)21-6-3-5-20(15-21)9-8-19-10-12-24(27)13-11-19/h3-18H,1-2H3/b9-8+. The first-order chi connectivity index (χ1) is 13.6. The van der Waals surface area contributed by atoms with E-state index in [9.17, 15) is 4.39 Å². The van der Waals surface area contributed by atoms with Gasteiger partial charge >= 0.3 is 0 Å². The van der Waals surface area contributed by atoms with Gasteiger partial charge in [0.15, 0.2) is 0 Å². The largest absolute Gasteiger partial charge is 0.256 e. The van der Waals surface area contributed by atoms with E-state index in [2.05, 4.69) is 67.4 Å². The Bertz CT molecular complexity index is 1140. The molecule has 4 rings (SSSR count). The molecule has 0 atom stereocenters. The maximum absolute atomic E-state index is 13.1. The number of hydrogen-bond acceptors (Lipinski definition) is 1. The van der Waals surface area contributed by atoms with E-state index < -0.39 is 0 Å². The van der Waals surface area contributed by atoms with Crippen molar-refractivity contribution >= 4 is 23.1 Å². The second kappa shape index (κ2) is 7.77. The highest BCUT2D eigenvalue weighted by Crippen LogP contribution is 2.32. The van der Waals surface area contributed by atoms with E-state index in [-0.39, 0.29) is 5.82 Å². The van der Waals surface area contributed by atoms with Gasteiger partial charge in [-0.05, 0) is 64.6 Å². The Morgan fingerprint density at radius 1 is 0.821 bits per heavy atom. The maximum Gasteiger partial charge on any atom is 0.123 e. The predicted octanol–water partition coefficient (Wildman–Crippen LogP) is 7.33. The number of nitrogens with zero attached hydrogens (tertiary/aromatic N) is 1. The van der Waals surface area contributed by atoms with Crippen LogP contribution in [0.2, 0.25) is 0 Å². The maximum atomic E-state index is 13.1. The number of benzene rings is 3. The molecular weight excluding hydrogens is 345 g/mol. The summed E-state index contributed by atoms with van der Waals surface area (Å²) in [4.78, 5) is 4.64. The lowest BCUT2D eigenvalue weighted by Crippen LogP contribution is -1.92. The predicted molar refractivity (Wildman–Crippen MR) is 117 cm³/mol. The van der Waals surface area contributed by atoms with E-state index >= 15 is 0 Å². The van der Waals surface area contributed by atoms with Crippen LogP contribution in [-0.4, -0.2) is 4.98 Å². The van der Waals surface area contributed by atoms with Crippen molar-refractivity contribution in [3.8, 4) is 11.1 Å². The zero-order valence-electron chi connectivity index (χ0n) is 16.1. The third kappa shape index (κ3) is 3.86. The van der Waals surface area contributed by atoms with Gasteiger partial charge in [0.25, 0.3) is 0 Å². The second-order valence-electron chi connectivity index (χ2n) is 7.31. The van der Waals surface area contributed by atoms with Gasteiger partial charge < -0.3 is 0 Å². The van der Waals surface area contributed by atoms with Gasteiger partial charge in [-0.1, -0.05) is 62.4 Å². The number of aromatic nitrogens is 1. The molecule has 0 aliphatic heterocycles. The van der Waals surface area contributed by atoms with Crippen molar-refractivity contribution < 1.29 is 4.39 Å². The van der Waals surface area contributed by atoms with E-state index in [1.165, 1.54) is 17.7 Å². The van der Waals surface area contributed by atoms with Crippen molar-refractivity contribution in [3.63, 3.8) is 0 Å². The van der Waals surface area contributed by atoms with Gasteiger partial charge in [0.05, 0.1) is 5.52 Å². The number of pyridine rings is 1. The Balaban J connectivity index is 1.76. The molecule has 0 amide bonds. The van der Waals surface area contributed by atoms with Crippen LogP contribution in [0.15, 0.2) is 79.0 Å². The molecule has 0 saturated carbocycles. The normalized spacial score (nSPS) is 11.6. The molecule has 3 aromatic carbocycles. The smallest absolute Gasteiger partial charge is 0.123 e. The van der Waals surface area contributed by atoms with Crippen molar-refractivity contribution in [2.45, 2.75) is 19.8 Å². The van der Waals surface area contributed by atoms with Crippen LogP contribution in [-0.2, 0) is 0 Å². The van der Waals surface area contributed by atoms with Crippen LogP contribution in [0.1, 0.15) is 36.5 Å². The number of rotatable bonds is 4. The fourth-order valence-electron chi connectivity index (χ4n) is 3.35. The molecule has 0 unspecified atom stereocenters. The summed E-state index contributed by atoms with van der Waals surface area (Å²) in [5.41, 5.74) is 6.70. The van der Waals surface area contributed by atoms with Crippen molar-refractivity contribution in [2.75, 3.05) is 0 Å². The van der Waals surface area contributed by atoms with Crippen LogP contribution in [0, 0.1) is 5.82 Å². The highest BCUT2D eigenvalue weighted by molar-refractivity contribution is 5.94. The summed E-state index contributed by atoms with van der Waals surface area (Å²) in [5, 5.41) is 1.16. The first kappa shape index (κ1) is 18.1. The Morgan fingerprint density at radius 3 is 2.39 bits per heavy atom. The van der Waals surface area contributed by atoms with Crippen molar-refractivity contribution in [1.82, 2.24) is 4.98 Å². The third-order valence-electron chi connectivity index (χ3n) is 4.93. The zero-order valence-corrected chi connectivity index (χ0v) is 16.1. The van der Waals surface area contributed by atoms with E-state index in [1.54, 1.807) is 12.1 Å². The topological polar surface area (TPSA) is 12.9 Å². The van der Waals surface area contributed by atoms with Gasteiger partial charge in [0, 0.05) is 17.1 Å². The number of halogens is 1. The monoisotopic (exact) mass is 367 g/mol. The average Bonchev–Trinajstić information content (AvgIpc) is 2.72. The molecule has 1 aromatic heterocycles. The van der Waals surface area contributed by atoms with Gasteiger partial charge in [0.2, 0.25) is 0 Å². The van der Waals surface area contributed by atoms with Gasteiger partial charge in [-0.3, -0.25) is 4.98 Å². The fraction of sp³-hybridized carbons (Fsp3) is 0.115. The molecule has 0 saturated heterocycles. The minimum atomic E-state index is -0.219. The molecular formula is C26H22FN. The van der Waals surface area contributed by atoms with Crippen LogP contribution in [0.25, 0.3) is 34.2 Å². The lowest BCUT2D eigenvalue weighted by Gasteiger charge is -2.12. The van der Waals surface area contributed by atoms with Crippen molar-refractivity contribution in [1.29, 1.82) is 0 Å². The Morgan fingerprint density at radius 2 is 1.61 bits per heavy atom.